The lowest BCUT2D eigenvalue weighted by atomic mass is 9.99. The average Bonchev–Trinajstić information content (AvgIpc) is 2.55. The second-order valence-corrected chi connectivity index (χ2v) is 6.07. The van der Waals surface area contributed by atoms with E-state index < -0.39 is 0 Å². The Labute approximate surface area is 127 Å². The highest BCUT2D eigenvalue weighted by atomic mass is 15.1. The molecule has 21 heavy (non-hydrogen) atoms. The van der Waals surface area contributed by atoms with Crippen LogP contribution < -0.4 is 5.32 Å². The zero-order chi connectivity index (χ0) is 14.5. The molecule has 1 aliphatic heterocycles. The molecule has 1 fully saturated rings. The quantitative estimate of drug-likeness (QED) is 0.914. The zero-order valence-electron chi connectivity index (χ0n) is 12.9. The van der Waals surface area contributed by atoms with Gasteiger partial charge in [-0.3, -0.25) is 9.88 Å². The van der Waals surface area contributed by atoms with E-state index in [9.17, 15) is 0 Å². The summed E-state index contributed by atoms with van der Waals surface area (Å²) in [5.41, 5.74) is 2.47. The van der Waals surface area contributed by atoms with Gasteiger partial charge in [-0.1, -0.05) is 19.1 Å². The largest absolute Gasteiger partial charge is 0.316 e. The summed E-state index contributed by atoms with van der Waals surface area (Å²) in [5.74, 6) is 0.806. The SMILES string of the molecule is CCN(Cc1ccc2ncccc2c1)CC1CCCNC1. The highest BCUT2D eigenvalue weighted by Crippen LogP contribution is 2.17. The van der Waals surface area contributed by atoms with E-state index in [2.05, 4.69) is 46.4 Å². The third-order valence-corrected chi connectivity index (χ3v) is 4.44. The van der Waals surface area contributed by atoms with Gasteiger partial charge in [0.1, 0.15) is 0 Å². The lowest BCUT2D eigenvalue weighted by Gasteiger charge is -2.29. The number of nitrogens with zero attached hydrogens (tertiary/aromatic N) is 2. The molecule has 3 heteroatoms. The van der Waals surface area contributed by atoms with Gasteiger partial charge in [0.15, 0.2) is 0 Å². The topological polar surface area (TPSA) is 28.2 Å². The van der Waals surface area contributed by atoms with Gasteiger partial charge in [0.05, 0.1) is 5.52 Å². The van der Waals surface area contributed by atoms with Gasteiger partial charge in [-0.2, -0.15) is 0 Å². The second-order valence-electron chi connectivity index (χ2n) is 6.07. The van der Waals surface area contributed by atoms with Crippen molar-refractivity contribution in [2.24, 2.45) is 5.92 Å². The molecular formula is C18H25N3. The molecule has 0 bridgehead atoms. The Morgan fingerprint density at radius 2 is 2.29 bits per heavy atom. The van der Waals surface area contributed by atoms with Crippen molar-refractivity contribution in [3.8, 4) is 0 Å². The van der Waals surface area contributed by atoms with Crippen LogP contribution in [0.2, 0.25) is 0 Å². The minimum atomic E-state index is 0.806. The molecule has 0 saturated carbocycles. The number of fused-ring (bicyclic) bond motifs is 1. The molecule has 1 N–H and O–H groups in total. The van der Waals surface area contributed by atoms with Crippen LogP contribution in [-0.2, 0) is 6.54 Å². The summed E-state index contributed by atoms with van der Waals surface area (Å²) in [5, 5.41) is 4.76. The predicted octanol–water partition coefficient (Wildman–Crippen LogP) is 3.06. The van der Waals surface area contributed by atoms with E-state index in [4.69, 9.17) is 0 Å². The van der Waals surface area contributed by atoms with E-state index >= 15 is 0 Å². The molecule has 0 aliphatic carbocycles. The molecule has 1 aliphatic rings. The molecule has 1 unspecified atom stereocenters. The highest BCUT2D eigenvalue weighted by molar-refractivity contribution is 5.78. The van der Waals surface area contributed by atoms with Crippen LogP contribution in [0.1, 0.15) is 25.3 Å². The highest BCUT2D eigenvalue weighted by Gasteiger charge is 2.16. The fourth-order valence-corrected chi connectivity index (χ4v) is 3.23. The predicted molar refractivity (Wildman–Crippen MR) is 88.3 cm³/mol. The lowest BCUT2D eigenvalue weighted by molar-refractivity contribution is 0.210. The molecule has 3 nitrogen and oxygen atoms in total. The Balaban J connectivity index is 1.66. The smallest absolute Gasteiger partial charge is 0.0702 e. The fourth-order valence-electron chi connectivity index (χ4n) is 3.23. The molecule has 0 radical (unpaired) electrons. The van der Waals surface area contributed by atoms with Crippen molar-refractivity contribution in [3.63, 3.8) is 0 Å². The molecule has 2 aromatic rings. The molecule has 2 heterocycles. The number of rotatable bonds is 5. The molecule has 1 atom stereocenters. The van der Waals surface area contributed by atoms with Crippen molar-refractivity contribution in [2.45, 2.75) is 26.3 Å². The van der Waals surface area contributed by atoms with Crippen LogP contribution in [0.5, 0.6) is 0 Å². The van der Waals surface area contributed by atoms with Crippen LogP contribution in [0.4, 0.5) is 0 Å². The monoisotopic (exact) mass is 283 g/mol. The first-order valence-electron chi connectivity index (χ1n) is 8.12. The molecule has 0 spiro atoms. The summed E-state index contributed by atoms with van der Waals surface area (Å²) in [7, 11) is 0. The number of hydrogen-bond donors (Lipinski definition) is 1. The van der Waals surface area contributed by atoms with E-state index in [1.165, 1.54) is 43.4 Å². The van der Waals surface area contributed by atoms with Crippen LogP contribution in [0.15, 0.2) is 36.5 Å². The first kappa shape index (κ1) is 14.5. The van der Waals surface area contributed by atoms with E-state index in [0.29, 0.717) is 0 Å². The van der Waals surface area contributed by atoms with Gasteiger partial charge < -0.3 is 5.32 Å². The second kappa shape index (κ2) is 7.01. The summed E-state index contributed by atoms with van der Waals surface area (Å²) in [6.07, 6.45) is 4.55. The fraction of sp³-hybridized carbons (Fsp3) is 0.500. The van der Waals surface area contributed by atoms with Gasteiger partial charge in [-0.15, -0.1) is 0 Å². The van der Waals surface area contributed by atoms with Crippen LogP contribution in [0, 0.1) is 5.92 Å². The Kier molecular flexibility index (Phi) is 4.84. The zero-order valence-corrected chi connectivity index (χ0v) is 12.9. The number of pyridine rings is 1. The molecular weight excluding hydrogens is 258 g/mol. The summed E-state index contributed by atoms with van der Waals surface area (Å²) in [6.45, 7) is 7.99. The Morgan fingerprint density at radius 1 is 1.33 bits per heavy atom. The summed E-state index contributed by atoms with van der Waals surface area (Å²) in [4.78, 5) is 6.96. The van der Waals surface area contributed by atoms with Crippen LogP contribution >= 0.6 is 0 Å². The minimum absolute atomic E-state index is 0.806. The minimum Gasteiger partial charge on any atom is -0.316 e. The van der Waals surface area contributed by atoms with Gasteiger partial charge in [-0.25, -0.2) is 0 Å². The normalized spacial score (nSPS) is 19.2. The number of benzene rings is 1. The number of aromatic nitrogens is 1. The maximum Gasteiger partial charge on any atom is 0.0702 e. The van der Waals surface area contributed by atoms with Crippen molar-refractivity contribution >= 4 is 10.9 Å². The number of nitrogens with one attached hydrogen (secondary N) is 1. The molecule has 1 saturated heterocycles. The average molecular weight is 283 g/mol. The maximum absolute atomic E-state index is 4.39. The van der Waals surface area contributed by atoms with Gasteiger partial charge >= 0.3 is 0 Å². The maximum atomic E-state index is 4.39. The number of hydrogen-bond acceptors (Lipinski definition) is 3. The third kappa shape index (κ3) is 3.80. The van der Waals surface area contributed by atoms with Crippen LogP contribution in [0.25, 0.3) is 10.9 Å². The van der Waals surface area contributed by atoms with Gasteiger partial charge in [0.25, 0.3) is 0 Å². The van der Waals surface area contributed by atoms with Crippen LogP contribution in [0.3, 0.4) is 0 Å². The summed E-state index contributed by atoms with van der Waals surface area (Å²) in [6, 6.07) is 10.8. The molecule has 112 valence electrons. The van der Waals surface area contributed by atoms with E-state index in [1.807, 2.05) is 12.3 Å². The molecule has 1 aromatic heterocycles. The standard InChI is InChI=1S/C18H25N3/c1-2-21(14-16-5-3-9-19-12-16)13-15-7-8-18-17(11-15)6-4-10-20-18/h4,6-8,10-11,16,19H,2-3,5,9,12-14H2,1H3. The third-order valence-electron chi connectivity index (χ3n) is 4.44. The van der Waals surface area contributed by atoms with Gasteiger partial charge in [-0.05, 0) is 62.2 Å². The van der Waals surface area contributed by atoms with Crippen molar-refractivity contribution in [1.82, 2.24) is 15.2 Å². The summed E-state index contributed by atoms with van der Waals surface area (Å²) >= 11 is 0. The van der Waals surface area contributed by atoms with E-state index in [0.717, 1.165) is 24.5 Å². The Hall–Kier alpha value is -1.45. The first-order valence-corrected chi connectivity index (χ1v) is 8.12. The molecule has 1 aromatic carbocycles. The van der Waals surface area contributed by atoms with E-state index in [1.54, 1.807) is 0 Å². The van der Waals surface area contributed by atoms with Crippen molar-refractivity contribution < 1.29 is 0 Å². The van der Waals surface area contributed by atoms with Gasteiger partial charge in [0.2, 0.25) is 0 Å². The Morgan fingerprint density at radius 3 is 3.10 bits per heavy atom. The Bertz CT molecular complexity index is 575. The van der Waals surface area contributed by atoms with Crippen molar-refractivity contribution in [3.05, 3.63) is 42.1 Å². The molecule has 3 rings (SSSR count). The van der Waals surface area contributed by atoms with Crippen molar-refractivity contribution in [2.75, 3.05) is 26.2 Å². The van der Waals surface area contributed by atoms with E-state index in [-0.39, 0.29) is 0 Å². The number of piperidine rings is 1. The molecule has 0 amide bonds. The first-order chi connectivity index (χ1) is 10.3. The van der Waals surface area contributed by atoms with Gasteiger partial charge in [0, 0.05) is 24.7 Å². The summed E-state index contributed by atoms with van der Waals surface area (Å²) < 4.78 is 0. The van der Waals surface area contributed by atoms with Crippen LogP contribution in [-0.4, -0.2) is 36.1 Å². The van der Waals surface area contributed by atoms with Crippen molar-refractivity contribution in [1.29, 1.82) is 0 Å². The lowest BCUT2D eigenvalue weighted by Crippen LogP contribution is -2.38.